The first-order chi connectivity index (χ1) is 12.5. The van der Waals surface area contributed by atoms with Crippen LogP contribution >= 0.6 is 11.6 Å². The minimum atomic E-state index is -0.501. The van der Waals surface area contributed by atoms with Crippen LogP contribution in [0.25, 0.3) is 11.1 Å². The molecule has 0 saturated heterocycles. The Morgan fingerprint density at radius 3 is 2.69 bits per heavy atom. The van der Waals surface area contributed by atoms with Gasteiger partial charge in [-0.05, 0) is 24.1 Å². The van der Waals surface area contributed by atoms with E-state index in [2.05, 4.69) is 10.3 Å². The number of nitrogens with one attached hydrogen (secondary N) is 2. The second-order valence-electron chi connectivity index (χ2n) is 5.58. The Hall–Kier alpha value is -2.93. The molecule has 0 saturated carbocycles. The molecule has 26 heavy (non-hydrogen) atoms. The molecule has 3 rings (SSSR count). The van der Waals surface area contributed by atoms with E-state index in [-0.39, 0.29) is 12.3 Å². The number of ether oxygens (including phenoxy) is 2. The number of halogens is 1. The van der Waals surface area contributed by atoms with Gasteiger partial charge in [-0.3, -0.25) is 9.78 Å². The number of aromatic nitrogens is 1. The molecule has 0 atom stereocenters. The molecule has 8 heteroatoms. The van der Waals surface area contributed by atoms with E-state index >= 15 is 0 Å². The number of oxazole rings is 1. The first kappa shape index (κ1) is 17.9. The van der Waals surface area contributed by atoms with E-state index in [0.29, 0.717) is 39.7 Å². The zero-order chi connectivity index (χ0) is 18.7. The van der Waals surface area contributed by atoms with Crippen molar-refractivity contribution in [3.8, 4) is 11.5 Å². The second kappa shape index (κ2) is 7.53. The first-order valence-electron chi connectivity index (χ1n) is 7.83. The Kier molecular flexibility index (Phi) is 5.18. The number of methoxy groups -OCH3 is 2. The molecule has 0 aliphatic carbocycles. The van der Waals surface area contributed by atoms with Gasteiger partial charge < -0.3 is 19.2 Å². The van der Waals surface area contributed by atoms with Gasteiger partial charge >= 0.3 is 5.76 Å². The topological polar surface area (TPSA) is 93.6 Å². The monoisotopic (exact) mass is 376 g/mol. The van der Waals surface area contributed by atoms with Crippen LogP contribution < -0.4 is 20.5 Å². The predicted molar refractivity (Wildman–Crippen MR) is 98.3 cm³/mol. The van der Waals surface area contributed by atoms with Crippen LogP contribution in [-0.2, 0) is 11.2 Å². The summed E-state index contributed by atoms with van der Waals surface area (Å²) in [6.45, 7) is 0. The molecule has 0 aliphatic rings. The number of aryl methyl sites for hydroxylation is 1. The largest absolute Gasteiger partial charge is 0.495 e. The van der Waals surface area contributed by atoms with Crippen molar-refractivity contribution in [3.63, 3.8) is 0 Å². The van der Waals surface area contributed by atoms with Crippen molar-refractivity contribution in [3.05, 3.63) is 51.5 Å². The lowest BCUT2D eigenvalue weighted by Gasteiger charge is -2.13. The molecule has 1 aromatic heterocycles. The summed E-state index contributed by atoms with van der Waals surface area (Å²) in [7, 11) is 2.99. The lowest BCUT2D eigenvalue weighted by atomic mass is 10.1. The van der Waals surface area contributed by atoms with Gasteiger partial charge in [0.25, 0.3) is 0 Å². The Bertz CT molecular complexity index is 1010. The Morgan fingerprint density at radius 2 is 1.96 bits per heavy atom. The number of benzene rings is 2. The average Bonchev–Trinajstić information content (AvgIpc) is 3.00. The van der Waals surface area contributed by atoms with Gasteiger partial charge in [-0.25, -0.2) is 4.79 Å². The molecule has 2 N–H and O–H groups in total. The van der Waals surface area contributed by atoms with Gasteiger partial charge in [0.1, 0.15) is 11.5 Å². The number of rotatable bonds is 6. The van der Waals surface area contributed by atoms with Crippen molar-refractivity contribution < 1.29 is 18.7 Å². The maximum atomic E-state index is 12.3. The van der Waals surface area contributed by atoms with E-state index in [4.69, 9.17) is 25.5 Å². The third kappa shape index (κ3) is 3.83. The smallest absolute Gasteiger partial charge is 0.417 e. The average molecular weight is 377 g/mol. The van der Waals surface area contributed by atoms with Gasteiger partial charge in [-0.1, -0.05) is 17.7 Å². The molecule has 136 valence electrons. The minimum Gasteiger partial charge on any atom is -0.495 e. The van der Waals surface area contributed by atoms with Gasteiger partial charge in [-0.2, -0.15) is 0 Å². The summed E-state index contributed by atoms with van der Waals surface area (Å²) in [6.07, 6.45) is 0.754. The highest BCUT2D eigenvalue weighted by Crippen LogP contribution is 2.35. The van der Waals surface area contributed by atoms with Crippen LogP contribution in [0.2, 0.25) is 5.02 Å². The third-order valence-electron chi connectivity index (χ3n) is 3.87. The van der Waals surface area contributed by atoms with Crippen LogP contribution in [-0.4, -0.2) is 25.1 Å². The maximum Gasteiger partial charge on any atom is 0.417 e. The summed E-state index contributed by atoms with van der Waals surface area (Å²) < 4.78 is 15.4. The number of anilines is 1. The number of hydrogen-bond acceptors (Lipinski definition) is 5. The Labute approximate surface area is 153 Å². The summed E-state index contributed by atoms with van der Waals surface area (Å²) in [5, 5.41) is 3.19. The third-order valence-corrected chi connectivity index (χ3v) is 4.17. The molecule has 0 aliphatic heterocycles. The molecular formula is C18H17ClN2O5. The van der Waals surface area contributed by atoms with E-state index < -0.39 is 5.76 Å². The number of H-pyrrole nitrogens is 1. The summed E-state index contributed by atoms with van der Waals surface area (Å²) in [5.41, 5.74) is 2.48. The van der Waals surface area contributed by atoms with Crippen LogP contribution in [0.5, 0.6) is 11.5 Å². The van der Waals surface area contributed by atoms with Gasteiger partial charge in [0, 0.05) is 18.6 Å². The second-order valence-corrected chi connectivity index (χ2v) is 5.99. The highest BCUT2D eigenvalue weighted by molar-refractivity contribution is 6.32. The molecule has 1 heterocycles. The van der Waals surface area contributed by atoms with E-state index in [9.17, 15) is 9.59 Å². The zero-order valence-corrected chi connectivity index (χ0v) is 15.0. The van der Waals surface area contributed by atoms with Crippen LogP contribution in [0.3, 0.4) is 0 Å². The highest BCUT2D eigenvalue weighted by atomic mass is 35.5. The molecule has 0 bridgehead atoms. The van der Waals surface area contributed by atoms with Crippen molar-refractivity contribution in [1.29, 1.82) is 0 Å². The molecule has 3 aromatic rings. The van der Waals surface area contributed by atoms with Crippen LogP contribution in [0, 0.1) is 0 Å². The SMILES string of the molecule is COc1cc(NC(=O)CCc2ccc3oc(=O)[nH]c3c2)c(OC)cc1Cl. The fraction of sp³-hybridized carbons (Fsp3) is 0.222. The molecule has 0 radical (unpaired) electrons. The van der Waals surface area contributed by atoms with Crippen molar-refractivity contribution in [1.82, 2.24) is 4.98 Å². The van der Waals surface area contributed by atoms with E-state index in [1.807, 2.05) is 6.07 Å². The highest BCUT2D eigenvalue weighted by Gasteiger charge is 2.13. The van der Waals surface area contributed by atoms with Crippen molar-refractivity contribution >= 4 is 34.3 Å². The minimum absolute atomic E-state index is 0.187. The van der Waals surface area contributed by atoms with Gasteiger partial charge in [0.15, 0.2) is 5.58 Å². The fourth-order valence-electron chi connectivity index (χ4n) is 2.58. The normalized spacial score (nSPS) is 10.7. The Morgan fingerprint density at radius 1 is 1.19 bits per heavy atom. The van der Waals surface area contributed by atoms with Gasteiger partial charge in [0.2, 0.25) is 5.91 Å². The molecule has 1 amide bonds. The van der Waals surface area contributed by atoms with E-state index in [0.717, 1.165) is 5.56 Å². The quantitative estimate of drug-likeness (QED) is 0.688. The number of fused-ring (bicyclic) bond motifs is 1. The number of aromatic amines is 1. The summed E-state index contributed by atoms with van der Waals surface area (Å²) >= 11 is 6.06. The van der Waals surface area contributed by atoms with Crippen LogP contribution in [0.1, 0.15) is 12.0 Å². The Balaban J connectivity index is 1.69. The van der Waals surface area contributed by atoms with Gasteiger partial charge in [0.05, 0.1) is 30.4 Å². The summed E-state index contributed by atoms with van der Waals surface area (Å²) in [6, 6.07) is 8.51. The predicted octanol–water partition coefficient (Wildman–Crippen LogP) is 3.36. The molecule has 0 spiro atoms. The molecule has 0 fully saturated rings. The summed E-state index contributed by atoms with van der Waals surface area (Å²) in [5.74, 6) is 0.200. The number of hydrogen-bond donors (Lipinski definition) is 2. The number of carbonyl (C=O) groups is 1. The standard InChI is InChI=1S/C18H17ClN2O5/c1-24-15-9-13(16(25-2)8-11(15)19)20-17(22)6-4-10-3-5-14-12(7-10)21-18(23)26-14/h3,5,7-9H,4,6H2,1-2H3,(H,20,22)(H,21,23). The van der Waals surface area contributed by atoms with Gasteiger partial charge in [-0.15, -0.1) is 0 Å². The van der Waals surface area contributed by atoms with Crippen LogP contribution in [0.15, 0.2) is 39.5 Å². The number of carbonyl (C=O) groups excluding carboxylic acids is 1. The van der Waals surface area contributed by atoms with Crippen molar-refractivity contribution in [2.75, 3.05) is 19.5 Å². The zero-order valence-electron chi connectivity index (χ0n) is 14.2. The van der Waals surface area contributed by atoms with E-state index in [1.54, 1.807) is 24.3 Å². The van der Waals surface area contributed by atoms with Crippen molar-refractivity contribution in [2.24, 2.45) is 0 Å². The fourth-order valence-corrected chi connectivity index (χ4v) is 2.81. The molecule has 7 nitrogen and oxygen atoms in total. The lowest BCUT2D eigenvalue weighted by Crippen LogP contribution is -2.13. The first-order valence-corrected chi connectivity index (χ1v) is 8.21. The maximum absolute atomic E-state index is 12.3. The lowest BCUT2D eigenvalue weighted by molar-refractivity contribution is -0.116. The molecular weight excluding hydrogens is 360 g/mol. The molecule has 0 unspecified atom stereocenters. The van der Waals surface area contributed by atoms with Crippen molar-refractivity contribution in [2.45, 2.75) is 12.8 Å². The van der Waals surface area contributed by atoms with Crippen LogP contribution in [0.4, 0.5) is 5.69 Å². The summed E-state index contributed by atoms with van der Waals surface area (Å²) in [4.78, 5) is 26.1. The van der Waals surface area contributed by atoms with E-state index in [1.165, 1.54) is 14.2 Å². The number of amides is 1. The molecule has 2 aromatic carbocycles.